The highest BCUT2D eigenvalue weighted by Gasteiger charge is 2.30. The van der Waals surface area contributed by atoms with Crippen molar-refractivity contribution in [1.82, 2.24) is 5.32 Å². The van der Waals surface area contributed by atoms with E-state index in [4.69, 9.17) is 0 Å². The number of unbranched alkanes of at least 4 members (excludes halogenated alkanes) is 1. The maximum atomic E-state index is 11.9. The second-order valence-electron chi connectivity index (χ2n) is 4.95. The van der Waals surface area contributed by atoms with Crippen LogP contribution >= 0.6 is 15.9 Å². The number of benzene rings is 1. The van der Waals surface area contributed by atoms with Gasteiger partial charge in [-0.15, -0.1) is 6.58 Å². The van der Waals surface area contributed by atoms with Gasteiger partial charge >= 0.3 is 0 Å². The fraction of sp³-hybridized carbons (Fsp3) is 0.400. The predicted octanol–water partition coefficient (Wildman–Crippen LogP) is 3.06. The van der Waals surface area contributed by atoms with Crippen molar-refractivity contribution >= 4 is 33.2 Å². The van der Waals surface area contributed by atoms with Crippen molar-refractivity contribution in [3.63, 3.8) is 0 Å². The van der Waals surface area contributed by atoms with Crippen LogP contribution in [0.25, 0.3) is 0 Å². The fourth-order valence-electron chi connectivity index (χ4n) is 2.44. The van der Waals surface area contributed by atoms with Crippen LogP contribution in [0.2, 0.25) is 0 Å². The lowest BCUT2D eigenvalue weighted by molar-refractivity contribution is -0.117. The zero-order valence-electron chi connectivity index (χ0n) is 11.9. The highest BCUT2D eigenvalue weighted by molar-refractivity contribution is 9.10. The minimum atomic E-state index is -0.263. The van der Waals surface area contributed by atoms with Gasteiger partial charge in [0.2, 0.25) is 5.91 Å². The van der Waals surface area contributed by atoms with E-state index in [1.807, 2.05) is 18.2 Å². The molecule has 1 aromatic carbocycles. The van der Waals surface area contributed by atoms with E-state index in [2.05, 4.69) is 45.1 Å². The van der Waals surface area contributed by atoms with Crippen molar-refractivity contribution < 1.29 is 4.79 Å². The molecule has 0 spiro atoms. The largest absolute Gasteiger partial charge is 0.374 e. The van der Waals surface area contributed by atoms with Crippen molar-refractivity contribution in [2.75, 3.05) is 30.9 Å². The summed E-state index contributed by atoms with van der Waals surface area (Å²) >= 11 is 3.61. The molecule has 0 saturated carbocycles. The zero-order valence-corrected chi connectivity index (χ0v) is 13.5. The average molecular weight is 338 g/mol. The van der Waals surface area contributed by atoms with Gasteiger partial charge in [-0.3, -0.25) is 4.79 Å². The van der Waals surface area contributed by atoms with Gasteiger partial charge in [-0.05, 0) is 48.0 Å². The number of hydrogen-bond acceptors (Lipinski definition) is 3. The molecule has 1 atom stereocenters. The molecule has 1 aliphatic rings. The highest BCUT2D eigenvalue weighted by Crippen LogP contribution is 2.38. The van der Waals surface area contributed by atoms with Gasteiger partial charge < -0.3 is 15.5 Å². The molecule has 2 rings (SSSR count). The molecule has 0 bridgehead atoms. The first-order valence-corrected chi connectivity index (χ1v) is 7.51. The number of halogens is 1. The Bertz CT molecular complexity index is 530. The van der Waals surface area contributed by atoms with Gasteiger partial charge in [0, 0.05) is 29.3 Å². The summed E-state index contributed by atoms with van der Waals surface area (Å²) in [5.41, 5.74) is 2.97. The summed E-state index contributed by atoms with van der Waals surface area (Å²) in [5.74, 6) is 0.000797. The van der Waals surface area contributed by atoms with Gasteiger partial charge in [0.1, 0.15) is 6.04 Å². The third-order valence-corrected chi connectivity index (χ3v) is 4.19. The molecule has 1 aromatic rings. The first-order valence-electron chi connectivity index (χ1n) is 6.72. The van der Waals surface area contributed by atoms with Crippen LogP contribution in [0.5, 0.6) is 0 Å². The first kappa shape index (κ1) is 15.1. The number of fused-ring (bicyclic) bond motifs is 1. The van der Waals surface area contributed by atoms with Gasteiger partial charge in [0.25, 0.3) is 0 Å². The highest BCUT2D eigenvalue weighted by atomic mass is 79.9. The van der Waals surface area contributed by atoms with Gasteiger partial charge in [-0.2, -0.15) is 0 Å². The van der Waals surface area contributed by atoms with Crippen LogP contribution in [0.15, 0.2) is 29.3 Å². The normalized spacial score (nSPS) is 16.8. The Kier molecular flexibility index (Phi) is 4.83. The standard InChI is InChI=1S/C15H20BrN3O/c1-4-5-6-7-19(3)13-9-12-10(8-11(13)16)14(17-2)15(20)18-12/h4,8-9,14,17H,1,5-7H2,2-3H3,(H,18,20). The Morgan fingerprint density at radius 3 is 2.95 bits per heavy atom. The molecular formula is C15H20BrN3O. The molecule has 1 unspecified atom stereocenters. The molecule has 1 heterocycles. The van der Waals surface area contributed by atoms with E-state index in [0.29, 0.717) is 0 Å². The summed E-state index contributed by atoms with van der Waals surface area (Å²) in [7, 11) is 3.85. The second-order valence-corrected chi connectivity index (χ2v) is 5.81. The second kappa shape index (κ2) is 6.41. The Morgan fingerprint density at radius 1 is 1.55 bits per heavy atom. The number of nitrogens with zero attached hydrogens (tertiary/aromatic N) is 1. The molecule has 0 aliphatic carbocycles. The molecule has 4 nitrogen and oxygen atoms in total. The van der Waals surface area contributed by atoms with Crippen LogP contribution in [0, 0.1) is 0 Å². The molecule has 20 heavy (non-hydrogen) atoms. The molecule has 0 fully saturated rings. The van der Waals surface area contributed by atoms with E-state index >= 15 is 0 Å². The van der Waals surface area contributed by atoms with Crippen LogP contribution in [-0.4, -0.2) is 26.5 Å². The Labute approximate surface area is 128 Å². The van der Waals surface area contributed by atoms with Crippen molar-refractivity contribution in [3.05, 3.63) is 34.8 Å². The molecule has 0 saturated heterocycles. The van der Waals surface area contributed by atoms with Gasteiger partial charge in [0.15, 0.2) is 0 Å². The van der Waals surface area contributed by atoms with Gasteiger partial charge in [0.05, 0.1) is 5.69 Å². The van der Waals surface area contributed by atoms with E-state index in [1.165, 1.54) is 0 Å². The topological polar surface area (TPSA) is 44.4 Å². The smallest absolute Gasteiger partial charge is 0.246 e. The van der Waals surface area contributed by atoms with E-state index in [9.17, 15) is 4.79 Å². The minimum Gasteiger partial charge on any atom is -0.374 e. The fourth-order valence-corrected chi connectivity index (χ4v) is 3.11. The van der Waals surface area contributed by atoms with Gasteiger partial charge in [-0.1, -0.05) is 6.08 Å². The predicted molar refractivity (Wildman–Crippen MR) is 87.3 cm³/mol. The molecule has 1 amide bonds. The molecular weight excluding hydrogens is 318 g/mol. The molecule has 0 radical (unpaired) electrons. The summed E-state index contributed by atoms with van der Waals surface area (Å²) in [6, 6.07) is 3.79. The summed E-state index contributed by atoms with van der Waals surface area (Å²) < 4.78 is 1.01. The number of allylic oxidation sites excluding steroid dienone is 1. The number of hydrogen-bond donors (Lipinski definition) is 2. The van der Waals surface area contributed by atoms with E-state index in [1.54, 1.807) is 7.05 Å². The van der Waals surface area contributed by atoms with Crippen LogP contribution < -0.4 is 15.5 Å². The number of anilines is 2. The summed E-state index contributed by atoms with van der Waals surface area (Å²) in [4.78, 5) is 14.0. The molecule has 5 heteroatoms. The van der Waals surface area contributed by atoms with Crippen molar-refractivity contribution in [1.29, 1.82) is 0 Å². The van der Waals surface area contributed by atoms with Crippen LogP contribution in [0.3, 0.4) is 0 Å². The van der Waals surface area contributed by atoms with Crippen LogP contribution in [-0.2, 0) is 4.79 Å². The van der Waals surface area contributed by atoms with Crippen molar-refractivity contribution in [2.24, 2.45) is 0 Å². The Balaban J connectivity index is 2.23. The number of likely N-dealkylation sites (N-methyl/N-ethyl adjacent to an activating group) is 1. The lowest BCUT2D eigenvalue weighted by Gasteiger charge is -2.21. The molecule has 1 aliphatic heterocycles. The summed E-state index contributed by atoms with van der Waals surface area (Å²) in [6.45, 7) is 4.69. The average Bonchev–Trinajstić information content (AvgIpc) is 2.72. The lowest BCUT2D eigenvalue weighted by atomic mass is 10.1. The molecule has 0 aromatic heterocycles. The van der Waals surface area contributed by atoms with Crippen LogP contribution in [0.1, 0.15) is 24.4 Å². The SMILES string of the molecule is C=CCCCN(C)c1cc2c(cc1Br)C(NC)C(=O)N2. The summed E-state index contributed by atoms with van der Waals surface area (Å²) in [6.07, 6.45) is 4.00. The third kappa shape index (κ3) is 2.88. The Morgan fingerprint density at radius 2 is 2.30 bits per heavy atom. The van der Waals surface area contributed by atoms with E-state index < -0.39 is 0 Å². The van der Waals surface area contributed by atoms with Crippen LogP contribution in [0.4, 0.5) is 11.4 Å². The van der Waals surface area contributed by atoms with Crippen molar-refractivity contribution in [2.45, 2.75) is 18.9 Å². The summed E-state index contributed by atoms with van der Waals surface area (Å²) in [5, 5.41) is 5.95. The minimum absolute atomic E-state index is 0.000797. The molecule has 108 valence electrons. The number of nitrogens with one attached hydrogen (secondary N) is 2. The maximum absolute atomic E-state index is 11.9. The third-order valence-electron chi connectivity index (χ3n) is 3.55. The van der Waals surface area contributed by atoms with Gasteiger partial charge in [-0.25, -0.2) is 0 Å². The quantitative estimate of drug-likeness (QED) is 0.619. The number of carbonyl (C=O) groups excluding carboxylic acids is 1. The first-order chi connectivity index (χ1) is 9.58. The Hall–Kier alpha value is -1.33. The number of amides is 1. The number of rotatable bonds is 6. The maximum Gasteiger partial charge on any atom is 0.246 e. The van der Waals surface area contributed by atoms with E-state index in [0.717, 1.165) is 40.8 Å². The lowest BCUT2D eigenvalue weighted by Crippen LogP contribution is -2.23. The van der Waals surface area contributed by atoms with Crippen molar-refractivity contribution in [3.8, 4) is 0 Å². The van der Waals surface area contributed by atoms with E-state index in [-0.39, 0.29) is 11.9 Å². The molecule has 2 N–H and O–H groups in total. The number of carbonyl (C=O) groups is 1. The zero-order chi connectivity index (χ0) is 14.7. The monoisotopic (exact) mass is 337 g/mol.